The van der Waals surface area contributed by atoms with Gasteiger partial charge >= 0.3 is 0 Å². The van der Waals surface area contributed by atoms with Gasteiger partial charge in [-0.15, -0.1) is 0 Å². The minimum Gasteiger partial charge on any atom is -0.363 e. The van der Waals surface area contributed by atoms with E-state index in [4.69, 9.17) is 0 Å². The van der Waals surface area contributed by atoms with Gasteiger partial charge in [0.05, 0.1) is 11.9 Å². The van der Waals surface area contributed by atoms with Gasteiger partial charge in [-0.2, -0.15) is 0 Å². The van der Waals surface area contributed by atoms with Gasteiger partial charge in [-0.25, -0.2) is 0 Å². The number of rotatable bonds is 3. The summed E-state index contributed by atoms with van der Waals surface area (Å²) in [7, 11) is 0. The molecule has 1 heterocycles. The molecule has 2 rings (SSSR count). The van der Waals surface area contributed by atoms with Gasteiger partial charge in [0, 0.05) is 11.3 Å². The first-order valence-electron chi connectivity index (χ1n) is 4.54. The zero-order valence-corrected chi connectivity index (χ0v) is 8.23. The molecule has 0 spiro atoms. The Morgan fingerprint density at radius 2 is 2.20 bits per heavy atom. The second kappa shape index (κ2) is 3.96. The van der Waals surface area contributed by atoms with Crippen LogP contribution in [0.1, 0.15) is 17.3 Å². The minimum atomic E-state index is 0.0227. The van der Waals surface area contributed by atoms with Crippen molar-refractivity contribution in [3.05, 3.63) is 42.3 Å². The molecule has 1 aromatic heterocycles. The van der Waals surface area contributed by atoms with Gasteiger partial charge in [0.1, 0.15) is 6.26 Å². The summed E-state index contributed by atoms with van der Waals surface area (Å²) in [5.74, 6) is 0.0227. The molecule has 2 aromatic rings. The maximum Gasteiger partial charge on any atom is 0.161 e. The first-order chi connectivity index (χ1) is 7.27. The molecular weight excluding hydrogens is 192 g/mol. The summed E-state index contributed by atoms with van der Waals surface area (Å²) in [6.45, 7) is 1.54. The van der Waals surface area contributed by atoms with E-state index in [2.05, 4.69) is 15.0 Å². The van der Waals surface area contributed by atoms with E-state index in [1.165, 1.54) is 13.2 Å². The van der Waals surface area contributed by atoms with E-state index in [1.54, 1.807) is 12.3 Å². The molecule has 0 aliphatic heterocycles. The lowest BCUT2D eigenvalue weighted by Crippen LogP contribution is -1.99. The quantitative estimate of drug-likeness (QED) is 0.777. The van der Waals surface area contributed by atoms with Crippen molar-refractivity contribution in [2.45, 2.75) is 6.92 Å². The van der Waals surface area contributed by atoms with Crippen molar-refractivity contribution in [1.29, 1.82) is 0 Å². The fourth-order valence-corrected chi connectivity index (χ4v) is 1.32. The Bertz CT molecular complexity index is 463. The van der Waals surface area contributed by atoms with Crippen LogP contribution in [-0.2, 0) is 0 Å². The number of Topliss-reactive ketones (excluding diaryl/α,β-unsaturated/α-hetero) is 1. The lowest BCUT2D eigenvalue weighted by Gasteiger charge is -2.06. The van der Waals surface area contributed by atoms with Gasteiger partial charge in [0.15, 0.2) is 5.78 Å². The predicted octanol–water partition coefficient (Wildman–Crippen LogP) is 2.62. The number of benzene rings is 1. The summed E-state index contributed by atoms with van der Waals surface area (Å²) in [4.78, 5) is 11.3. The first kappa shape index (κ1) is 9.45. The van der Waals surface area contributed by atoms with Crippen LogP contribution in [0.4, 0.5) is 11.4 Å². The molecule has 0 amide bonds. The zero-order valence-electron chi connectivity index (χ0n) is 8.23. The third-order valence-corrected chi connectivity index (χ3v) is 2.02. The van der Waals surface area contributed by atoms with E-state index in [0.717, 1.165) is 11.4 Å². The fraction of sp³-hybridized carbons (Fsp3) is 0.0909. The summed E-state index contributed by atoms with van der Waals surface area (Å²) < 4.78 is 4.69. The van der Waals surface area contributed by atoms with Crippen molar-refractivity contribution in [2.24, 2.45) is 0 Å². The normalized spacial score (nSPS) is 9.93. The fourth-order valence-electron chi connectivity index (χ4n) is 1.32. The Balaban J connectivity index is 2.32. The SMILES string of the molecule is CC(=O)c1ccccc1Nc1cnoc1. The average Bonchev–Trinajstić information content (AvgIpc) is 2.71. The zero-order chi connectivity index (χ0) is 10.7. The van der Waals surface area contributed by atoms with Gasteiger partial charge < -0.3 is 9.84 Å². The van der Waals surface area contributed by atoms with Crippen LogP contribution in [-0.4, -0.2) is 10.9 Å². The van der Waals surface area contributed by atoms with Crippen LogP contribution >= 0.6 is 0 Å². The van der Waals surface area contributed by atoms with Crippen molar-refractivity contribution >= 4 is 17.2 Å². The Morgan fingerprint density at radius 1 is 1.40 bits per heavy atom. The Kier molecular flexibility index (Phi) is 2.49. The van der Waals surface area contributed by atoms with Crippen molar-refractivity contribution in [3.63, 3.8) is 0 Å². The smallest absolute Gasteiger partial charge is 0.161 e. The Labute approximate surface area is 86.9 Å². The van der Waals surface area contributed by atoms with Gasteiger partial charge in [-0.05, 0) is 19.1 Å². The monoisotopic (exact) mass is 202 g/mol. The lowest BCUT2D eigenvalue weighted by atomic mass is 10.1. The predicted molar refractivity (Wildman–Crippen MR) is 56.2 cm³/mol. The van der Waals surface area contributed by atoms with Gasteiger partial charge in [0.2, 0.25) is 0 Å². The Morgan fingerprint density at radius 3 is 2.87 bits per heavy atom. The lowest BCUT2D eigenvalue weighted by molar-refractivity contribution is 0.101. The number of hydrogen-bond acceptors (Lipinski definition) is 4. The molecule has 0 unspecified atom stereocenters. The maximum absolute atomic E-state index is 11.3. The van der Waals surface area contributed by atoms with Crippen LogP contribution in [0.25, 0.3) is 0 Å². The summed E-state index contributed by atoms with van der Waals surface area (Å²) in [5.41, 5.74) is 2.13. The first-order valence-corrected chi connectivity index (χ1v) is 4.54. The number of nitrogens with zero attached hydrogens (tertiary/aromatic N) is 1. The third kappa shape index (κ3) is 2.04. The van der Waals surface area contributed by atoms with Crippen molar-refractivity contribution in [3.8, 4) is 0 Å². The highest BCUT2D eigenvalue weighted by molar-refractivity contribution is 6.00. The van der Waals surface area contributed by atoms with Crippen LogP contribution in [0.5, 0.6) is 0 Å². The van der Waals surface area contributed by atoms with E-state index >= 15 is 0 Å². The van der Waals surface area contributed by atoms with Crippen LogP contribution in [0.2, 0.25) is 0 Å². The van der Waals surface area contributed by atoms with E-state index in [0.29, 0.717) is 5.56 Å². The second-order valence-corrected chi connectivity index (χ2v) is 3.14. The van der Waals surface area contributed by atoms with E-state index in [-0.39, 0.29) is 5.78 Å². The molecule has 1 N–H and O–H groups in total. The average molecular weight is 202 g/mol. The summed E-state index contributed by atoms with van der Waals surface area (Å²) >= 11 is 0. The van der Waals surface area contributed by atoms with Gasteiger partial charge in [-0.3, -0.25) is 4.79 Å². The topological polar surface area (TPSA) is 55.1 Å². The Hall–Kier alpha value is -2.10. The van der Waals surface area contributed by atoms with E-state index < -0.39 is 0 Å². The van der Waals surface area contributed by atoms with Crippen LogP contribution in [0, 0.1) is 0 Å². The summed E-state index contributed by atoms with van der Waals surface area (Å²) in [5, 5.41) is 6.63. The molecule has 76 valence electrons. The molecule has 0 saturated carbocycles. The van der Waals surface area contributed by atoms with E-state index in [9.17, 15) is 4.79 Å². The van der Waals surface area contributed by atoms with Crippen LogP contribution in [0.15, 0.2) is 41.2 Å². The highest BCUT2D eigenvalue weighted by atomic mass is 16.5. The minimum absolute atomic E-state index is 0.0227. The summed E-state index contributed by atoms with van der Waals surface area (Å²) in [6, 6.07) is 7.31. The number of anilines is 2. The van der Waals surface area contributed by atoms with Gasteiger partial charge in [0.25, 0.3) is 0 Å². The molecule has 0 fully saturated rings. The molecule has 0 radical (unpaired) electrons. The molecule has 0 atom stereocenters. The number of carbonyl (C=O) groups excluding carboxylic acids is 1. The van der Waals surface area contributed by atoms with Crippen molar-refractivity contribution in [2.75, 3.05) is 5.32 Å². The number of carbonyl (C=O) groups is 1. The molecule has 4 heteroatoms. The molecule has 15 heavy (non-hydrogen) atoms. The molecule has 4 nitrogen and oxygen atoms in total. The third-order valence-electron chi connectivity index (χ3n) is 2.02. The molecule has 0 aliphatic rings. The highest BCUT2D eigenvalue weighted by Gasteiger charge is 2.06. The second-order valence-electron chi connectivity index (χ2n) is 3.14. The number of hydrogen-bond donors (Lipinski definition) is 1. The molecule has 0 saturated heterocycles. The molecule has 1 aromatic carbocycles. The number of ketones is 1. The molecule has 0 bridgehead atoms. The number of aromatic nitrogens is 1. The summed E-state index contributed by atoms with van der Waals surface area (Å²) in [6.07, 6.45) is 3.04. The van der Waals surface area contributed by atoms with Crippen molar-refractivity contribution < 1.29 is 9.32 Å². The largest absolute Gasteiger partial charge is 0.363 e. The number of nitrogens with one attached hydrogen (secondary N) is 1. The van der Waals surface area contributed by atoms with Crippen LogP contribution < -0.4 is 5.32 Å². The standard InChI is InChI=1S/C11H10N2O2/c1-8(14)10-4-2-3-5-11(10)13-9-6-12-15-7-9/h2-7,13H,1H3. The van der Waals surface area contributed by atoms with Crippen LogP contribution in [0.3, 0.4) is 0 Å². The van der Waals surface area contributed by atoms with Gasteiger partial charge in [-0.1, -0.05) is 17.3 Å². The van der Waals surface area contributed by atoms with E-state index in [1.807, 2.05) is 18.2 Å². The van der Waals surface area contributed by atoms with Crippen molar-refractivity contribution in [1.82, 2.24) is 5.16 Å². The maximum atomic E-state index is 11.3. The molecule has 0 aliphatic carbocycles. The molecular formula is C11H10N2O2. The highest BCUT2D eigenvalue weighted by Crippen LogP contribution is 2.20. The number of para-hydroxylation sites is 1.